The first-order chi connectivity index (χ1) is 7.96. The van der Waals surface area contributed by atoms with Crippen LogP contribution in [0.2, 0.25) is 0 Å². The summed E-state index contributed by atoms with van der Waals surface area (Å²) in [5, 5.41) is 1.02. The van der Waals surface area contributed by atoms with Crippen molar-refractivity contribution in [2.75, 3.05) is 0 Å². The Labute approximate surface area is 100 Å². The summed E-state index contributed by atoms with van der Waals surface area (Å²) in [6, 6.07) is 9.58. The van der Waals surface area contributed by atoms with Gasteiger partial charge in [0, 0.05) is 11.7 Å². The molecular weight excluding hydrogens is 212 g/mol. The van der Waals surface area contributed by atoms with Gasteiger partial charge in [-0.15, -0.1) is 0 Å². The van der Waals surface area contributed by atoms with Gasteiger partial charge in [-0.05, 0) is 38.3 Å². The molecule has 17 heavy (non-hydrogen) atoms. The van der Waals surface area contributed by atoms with Gasteiger partial charge >= 0.3 is 0 Å². The third kappa shape index (κ3) is 2.81. The second kappa shape index (κ2) is 4.17. The molecule has 0 atom stereocenters. The van der Waals surface area contributed by atoms with Crippen LogP contribution in [-0.2, 0) is 0 Å². The highest BCUT2D eigenvalue weighted by atomic mass is 16.1. The summed E-state index contributed by atoms with van der Waals surface area (Å²) in [5.74, 6) is 0. The van der Waals surface area contributed by atoms with Crippen molar-refractivity contribution in [2.45, 2.75) is 26.3 Å². The zero-order valence-corrected chi connectivity index (χ0v) is 10.3. The Hall–Kier alpha value is -1.90. The Bertz CT molecular complexity index is 618. The number of nitrogens with one attached hydrogen (secondary N) is 1. The summed E-state index contributed by atoms with van der Waals surface area (Å²) in [7, 11) is 0. The minimum absolute atomic E-state index is 0.100. The van der Waals surface area contributed by atoms with Crippen molar-refractivity contribution in [3.8, 4) is 0 Å². The van der Waals surface area contributed by atoms with Crippen LogP contribution in [0.1, 0.15) is 26.3 Å². The highest BCUT2D eigenvalue weighted by Crippen LogP contribution is 2.10. The van der Waals surface area contributed by atoms with Crippen LogP contribution in [0.15, 0.2) is 40.1 Å². The van der Waals surface area contributed by atoms with Gasteiger partial charge in [-0.25, -0.2) is 0 Å². The predicted octanol–water partition coefficient (Wildman–Crippen LogP) is 2.75. The van der Waals surface area contributed by atoms with E-state index >= 15 is 0 Å². The molecule has 88 valence electrons. The molecule has 0 amide bonds. The van der Waals surface area contributed by atoms with Crippen molar-refractivity contribution in [3.05, 3.63) is 46.2 Å². The maximum Gasteiger partial charge on any atom is 0.257 e. The smallest absolute Gasteiger partial charge is 0.257 e. The number of fused-ring (bicyclic) bond motifs is 1. The van der Waals surface area contributed by atoms with Crippen molar-refractivity contribution in [3.63, 3.8) is 0 Å². The molecule has 1 heterocycles. The van der Waals surface area contributed by atoms with Gasteiger partial charge in [-0.2, -0.15) is 0 Å². The lowest BCUT2D eigenvalue weighted by Crippen LogP contribution is -2.15. The highest BCUT2D eigenvalue weighted by Gasteiger charge is 2.06. The fourth-order valence-corrected chi connectivity index (χ4v) is 1.52. The minimum atomic E-state index is -0.169. The second-order valence-electron chi connectivity index (χ2n) is 5.07. The van der Waals surface area contributed by atoms with E-state index in [2.05, 4.69) is 9.98 Å². The maximum atomic E-state index is 11.8. The average Bonchev–Trinajstić information content (AvgIpc) is 2.25. The molecule has 0 aliphatic carbocycles. The Morgan fingerprint density at radius 2 is 1.94 bits per heavy atom. The molecule has 0 aliphatic rings. The first-order valence-corrected chi connectivity index (χ1v) is 5.63. The molecule has 0 spiro atoms. The largest absolute Gasteiger partial charge is 0.321 e. The number of nitrogens with zero attached hydrogens (tertiary/aromatic N) is 1. The summed E-state index contributed by atoms with van der Waals surface area (Å²) in [5.41, 5.74) is 1.18. The first kappa shape index (κ1) is 11.6. The van der Waals surface area contributed by atoms with Crippen molar-refractivity contribution < 1.29 is 0 Å². The van der Waals surface area contributed by atoms with Crippen molar-refractivity contribution in [1.29, 1.82) is 0 Å². The summed E-state index contributed by atoms with van der Waals surface area (Å²) in [4.78, 5) is 19.0. The lowest BCUT2D eigenvalue weighted by Gasteiger charge is -2.10. The quantitative estimate of drug-likeness (QED) is 0.749. The molecule has 0 saturated carbocycles. The van der Waals surface area contributed by atoms with E-state index in [1.165, 1.54) is 0 Å². The van der Waals surface area contributed by atoms with Gasteiger partial charge in [0.05, 0.1) is 11.1 Å². The van der Waals surface area contributed by atoms with Gasteiger partial charge in [0.15, 0.2) is 0 Å². The van der Waals surface area contributed by atoms with Crippen LogP contribution in [0.25, 0.3) is 10.9 Å². The molecule has 3 nitrogen and oxygen atoms in total. The second-order valence-corrected chi connectivity index (χ2v) is 5.07. The number of hydrogen-bond donors (Lipinski definition) is 1. The fourth-order valence-electron chi connectivity index (χ4n) is 1.52. The van der Waals surface area contributed by atoms with Crippen LogP contribution in [-0.4, -0.2) is 16.7 Å². The number of H-pyrrole nitrogens is 1. The van der Waals surface area contributed by atoms with E-state index in [9.17, 15) is 4.79 Å². The van der Waals surface area contributed by atoms with E-state index in [1.807, 2.05) is 51.1 Å². The number of hydrogen-bond acceptors (Lipinski definition) is 2. The van der Waals surface area contributed by atoms with E-state index in [-0.39, 0.29) is 11.1 Å². The third-order valence-corrected chi connectivity index (χ3v) is 2.37. The number of aliphatic imine (C=N–C) groups is 1. The van der Waals surface area contributed by atoms with E-state index in [0.717, 1.165) is 10.9 Å². The summed E-state index contributed by atoms with van der Waals surface area (Å²) >= 11 is 0. The normalized spacial score (nSPS) is 12.4. The van der Waals surface area contributed by atoms with Gasteiger partial charge in [0.1, 0.15) is 0 Å². The van der Waals surface area contributed by atoms with E-state index < -0.39 is 0 Å². The van der Waals surface area contributed by atoms with Gasteiger partial charge in [0.25, 0.3) is 5.56 Å². The molecule has 1 N–H and O–H groups in total. The van der Waals surface area contributed by atoms with Gasteiger partial charge < -0.3 is 4.98 Å². The highest BCUT2D eigenvalue weighted by molar-refractivity contribution is 5.87. The molecule has 0 fully saturated rings. The molecule has 2 rings (SSSR count). The SMILES string of the molecule is CC(C)(C)N=Cc1cc2ccccc2[nH]c1=O. The number of para-hydroxylation sites is 1. The summed E-state index contributed by atoms with van der Waals surface area (Å²) < 4.78 is 0. The van der Waals surface area contributed by atoms with E-state index in [4.69, 9.17) is 0 Å². The van der Waals surface area contributed by atoms with Crippen LogP contribution in [0.4, 0.5) is 0 Å². The number of benzene rings is 1. The molecule has 1 aromatic carbocycles. The van der Waals surface area contributed by atoms with E-state index in [0.29, 0.717) is 5.56 Å². The zero-order chi connectivity index (χ0) is 12.5. The first-order valence-electron chi connectivity index (χ1n) is 5.63. The molecule has 1 aromatic heterocycles. The Morgan fingerprint density at radius 3 is 2.65 bits per heavy atom. The van der Waals surface area contributed by atoms with Crippen molar-refractivity contribution >= 4 is 17.1 Å². The van der Waals surface area contributed by atoms with Crippen molar-refractivity contribution in [1.82, 2.24) is 4.98 Å². The number of aromatic amines is 1. The summed E-state index contributed by atoms with van der Waals surface area (Å²) in [6.45, 7) is 6.00. The number of rotatable bonds is 1. The minimum Gasteiger partial charge on any atom is -0.321 e. The van der Waals surface area contributed by atoms with E-state index in [1.54, 1.807) is 6.21 Å². The van der Waals surface area contributed by atoms with Gasteiger partial charge in [-0.3, -0.25) is 9.79 Å². The van der Waals surface area contributed by atoms with Crippen LogP contribution in [0.5, 0.6) is 0 Å². The molecule has 0 radical (unpaired) electrons. The molecule has 0 bridgehead atoms. The fraction of sp³-hybridized carbons (Fsp3) is 0.286. The maximum absolute atomic E-state index is 11.8. The Balaban J connectivity index is 2.52. The lowest BCUT2D eigenvalue weighted by atomic mass is 10.1. The van der Waals surface area contributed by atoms with Crippen LogP contribution in [0, 0.1) is 0 Å². The zero-order valence-electron chi connectivity index (χ0n) is 10.3. The average molecular weight is 228 g/mol. The standard InChI is InChI=1S/C14H16N2O/c1-14(2,3)15-9-11-8-10-6-4-5-7-12(10)16-13(11)17/h4-9H,1-3H3,(H,16,17). The van der Waals surface area contributed by atoms with Crippen LogP contribution < -0.4 is 5.56 Å². The van der Waals surface area contributed by atoms with Gasteiger partial charge in [-0.1, -0.05) is 18.2 Å². The molecule has 0 unspecified atom stereocenters. The monoisotopic (exact) mass is 228 g/mol. The Kier molecular flexibility index (Phi) is 2.84. The Morgan fingerprint density at radius 1 is 1.24 bits per heavy atom. The topological polar surface area (TPSA) is 45.2 Å². The number of pyridine rings is 1. The van der Waals surface area contributed by atoms with Gasteiger partial charge in [0.2, 0.25) is 0 Å². The molecular formula is C14H16N2O. The van der Waals surface area contributed by atoms with Crippen LogP contribution >= 0.6 is 0 Å². The van der Waals surface area contributed by atoms with Crippen LogP contribution in [0.3, 0.4) is 0 Å². The molecule has 0 saturated heterocycles. The molecule has 3 heteroatoms. The number of aromatic nitrogens is 1. The summed E-state index contributed by atoms with van der Waals surface area (Å²) in [6.07, 6.45) is 1.64. The predicted molar refractivity (Wildman–Crippen MR) is 71.9 cm³/mol. The van der Waals surface area contributed by atoms with Crippen molar-refractivity contribution in [2.24, 2.45) is 4.99 Å². The third-order valence-electron chi connectivity index (χ3n) is 2.37. The lowest BCUT2D eigenvalue weighted by molar-refractivity contribution is 0.586. The molecule has 0 aliphatic heterocycles. The molecule has 2 aromatic rings.